The largest absolute Gasteiger partial charge is 0.371 e. The Hall–Kier alpha value is -2.45. The van der Waals surface area contributed by atoms with E-state index in [2.05, 4.69) is 10.2 Å². The van der Waals surface area contributed by atoms with E-state index in [1.54, 1.807) is 44.2 Å². The first-order valence-corrected chi connectivity index (χ1v) is 12.2. The van der Waals surface area contributed by atoms with Crippen LogP contribution in [0.5, 0.6) is 0 Å². The summed E-state index contributed by atoms with van der Waals surface area (Å²) in [7, 11) is -3.68. The van der Waals surface area contributed by atoms with Crippen LogP contribution in [0.4, 0.5) is 10.1 Å². The monoisotopic (exact) mass is 447 g/mol. The van der Waals surface area contributed by atoms with Crippen LogP contribution in [0.25, 0.3) is 0 Å². The van der Waals surface area contributed by atoms with Gasteiger partial charge in [-0.3, -0.25) is 4.79 Å². The Bertz CT molecular complexity index is 1020. The molecule has 1 fully saturated rings. The van der Waals surface area contributed by atoms with E-state index in [1.165, 1.54) is 16.4 Å². The van der Waals surface area contributed by atoms with Gasteiger partial charge in [0.25, 0.3) is 5.91 Å². The summed E-state index contributed by atoms with van der Waals surface area (Å²) in [5.41, 5.74) is 1.60. The molecule has 0 bridgehead atoms. The van der Waals surface area contributed by atoms with Gasteiger partial charge in [-0.05, 0) is 49.1 Å². The molecule has 1 aliphatic heterocycles. The smallest absolute Gasteiger partial charge is 0.253 e. The highest BCUT2D eigenvalue weighted by molar-refractivity contribution is 7.89. The van der Waals surface area contributed by atoms with Crippen molar-refractivity contribution in [1.82, 2.24) is 9.62 Å². The minimum absolute atomic E-state index is 0.110. The van der Waals surface area contributed by atoms with Crippen molar-refractivity contribution in [3.63, 3.8) is 0 Å². The maximum absolute atomic E-state index is 13.8. The fourth-order valence-corrected chi connectivity index (χ4v) is 5.40. The number of carbonyl (C=O) groups excluding carboxylic acids is 1. The number of sulfonamides is 1. The molecule has 1 amide bonds. The van der Waals surface area contributed by atoms with Crippen LogP contribution in [0.3, 0.4) is 0 Å². The van der Waals surface area contributed by atoms with Crippen molar-refractivity contribution >= 4 is 21.6 Å². The Kier molecular flexibility index (Phi) is 7.67. The second-order valence-electron chi connectivity index (χ2n) is 7.56. The second kappa shape index (κ2) is 10.2. The Labute approximate surface area is 184 Å². The molecule has 0 spiro atoms. The molecule has 0 saturated carbocycles. The van der Waals surface area contributed by atoms with Crippen LogP contribution in [0, 0.1) is 5.82 Å². The highest BCUT2D eigenvalue weighted by atomic mass is 32.2. The number of carbonyl (C=O) groups is 1. The van der Waals surface area contributed by atoms with E-state index >= 15 is 0 Å². The number of nitrogens with one attached hydrogen (secondary N) is 1. The first kappa shape index (κ1) is 23.2. The highest BCUT2D eigenvalue weighted by Gasteiger charge is 2.26. The standard InChI is InChI=1S/C23H30FN3O3S/c1-3-27(4-2)31(29,30)19-11-12-22(26-15-7-8-16-26)20(17-19)23(28)25-14-13-18-9-5-6-10-21(18)24/h5-6,9-12,17H,3-4,7-8,13-16H2,1-2H3,(H,25,28). The molecule has 3 rings (SSSR count). The average Bonchev–Trinajstić information content (AvgIpc) is 3.30. The zero-order valence-electron chi connectivity index (χ0n) is 18.1. The van der Waals surface area contributed by atoms with Gasteiger partial charge in [0.1, 0.15) is 5.82 Å². The summed E-state index contributed by atoms with van der Waals surface area (Å²) in [5, 5.41) is 2.83. The van der Waals surface area contributed by atoms with Gasteiger partial charge in [-0.2, -0.15) is 4.31 Å². The van der Waals surface area contributed by atoms with Gasteiger partial charge in [0, 0.05) is 38.4 Å². The minimum atomic E-state index is -3.68. The van der Waals surface area contributed by atoms with Crippen LogP contribution < -0.4 is 10.2 Å². The van der Waals surface area contributed by atoms with Crippen LogP contribution in [-0.4, -0.2) is 51.4 Å². The SMILES string of the molecule is CCN(CC)S(=O)(=O)c1ccc(N2CCCC2)c(C(=O)NCCc2ccccc2F)c1. The third-order valence-corrected chi connectivity index (χ3v) is 7.69. The molecule has 1 saturated heterocycles. The summed E-state index contributed by atoms with van der Waals surface area (Å²) < 4.78 is 41.2. The average molecular weight is 448 g/mol. The summed E-state index contributed by atoms with van der Waals surface area (Å²) in [6.45, 7) is 6.21. The van der Waals surface area contributed by atoms with Gasteiger partial charge < -0.3 is 10.2 Å². The number of benzene rings is 2. The number of anilines is 1. The Morgan fingerprint density at radius 3 is 2.42 bits per heavy atom. The number of nitrogens with zero attached hydrogens (tertiary/aromatic N) is 2. The predicted octanol–water partition coefficient (Wildman–Crippen LogP) is 3.43. The van der Waals surface area contributed by atoms with Crippen molar-refractivity contribution < 1.29 is 17.6 Å². The third kappa shape index (κ3) is 5.25. The topological polar surface area (TPSA) is 69.7 Å². The molecule has 8 heteroatoms. The zero-order valence-corrected chi connectivity index (χ0v) is 18.9. The molecule has 1 heterocycles. The summed E-state index contributed by atoms with van der Waals surface area (Å²) in [6.07, 6.45) is 2.43. The molecule has 168 valence electrons. The fourth-order valence-electron chi connectivity index (χ4n) is 3.91. The molecule has 0 aliphatic carbocycles. The minimum Gasteiger partial charge on any atom is -0.371 e. The van der Waals surface area contributed by atoms with Gasteiger partial charge in [-0.15, -0.1) is 0 Å². The van der Waals surface area contributed by atoms with Crippen molar-refractivity contribution in [2.75, 3.05) is 37.6 Å². The summed E-state index contributed by atoms with van der Waals surface area (Å²) >= 11 is 0. The molecule has 31 heavy (non-hydrogen) atoms. The molecule has 2 aromatic carbocycles. The molecule has 0 unspecified atom stereocenters. The van der Waals surface area contributed by atoms with Gasteiger partial charge in [-0.25, -0.2) is 12.8 Å². The van der Waals surface area contributed by atoms with E-state index in [0.717, 1.165) is 31.6 Å². The van der Waals surface area contributed by atoms with Gasteiger partial charge in [0.05, 0.1) is 10.5 Å². The van der Waals surface area contributed by atoms with Crippen LogP contribution in [0.2, 0.25) is 0 Å². The number of hydrogen-bond donors (Lipinski definition) is 1. The van der Waals surface area contributed by atoms with Gasteiger partial charge >= 0.3 is 0 Å². The Balaban J connectivity index is 1.86. The van der Waals surface area contributed by atoms with Crippen molar-refractivity contribution in [3.8, 4) is 0 Å². The van der Waals surface area contributed by atoms with Crippen LogP contribution in [-0.2, 0) is 16.4 Å². The lowest BCUT2D eigenvalue weighted by Gasteiger charge is -2.23. The molecule has 0 radical (unpaired) electrons. The maximum Gasteiger partial charge on any atom is 0.253 e. The first-order valence-electron chi connectivity index (χ1n) is 10.8. The molecule has 6 nitrogen and oxygen atoms in total. The van der Waals surface area contributed by atoms with Crippen molar-refractivity contribution in [2.45, 2.75) is 38.0 Å². The highest BCUT2D eigenvalue weighted by Crippen LogP contribution is 2.28. The van der Waals surface area contributed by atoms with Gasteiger partial charge in [0.2, 0.25) is 10.0 Å². The quantitative estimate of drug-likeness (QED) is 0.640. The van der Waals surface area contributed by atoms with Crippen molar-refractivity contribution in [1.29, 1.82) is 0 Å². The third-order valence-electron chi connectivity index (χ3n) is 5.64. The van der Waals surface area contributed by atoms with E-state index < -0.39 is 10.0 Å². The lowest BCUT2D eigenvalue weighted by atomic mass is 10.1. The number of rotatable bonds is 9. The van der Waals surface area contributed by atoms with E-state index in [-0.39, 0.29) is 23.2 Å². The number of amides is 1. The summed E-state index contributed by atoms with van der Waals surface area (Å²) in [6, 6.07) is 11.2. The van der Waals surface area contributed by atoms with Gasteiger partial charge in [-0.1, -0.05) is 32.0 Å². The van der Waals surface area contributed by atoms with Crippen LogP contribution in [0.1, 0.15) is 42.6 Å². The molecule has 0 aromatic heterocycles. The van der Waals surface area contributed by atoms with Crippen molar-refractivity contribution in [3.05, 3.63) is 59.4 Å². The summed E-state index contributed by atoms with van der Waals surface area (Å²) in [5.74, 6) is -0.656. The molecular formula is C23H30FN3O3S. The van der Waals surface area contributed by atoms with E-state index in [0.29, 0.717) is 30.6 Å². The molecule has 2 aromatic rings. The van der Waals surface area contributed by atoms with Crippen LogP contribution >= 0.6 is 0 Å². The zero-order chi connectivity index (χ0) is 22.4. The predicted molar refractivity (Wildman–Crippen MR) is 120 cm³/mol. The Morgan fingerprint density at radius 2 is 1.77 bits per heavy atom. The van der Waals surface area contributed by atoms with Crippen molar-refractivity contribution in [2.24, 2.45) is 0 Å². The molecular weight excluding hydrogens is 417 g/mol. The molecule has 0 atom stereocenters. The normalized spacial score (nSPS) is 14.3. The first-order chi connectivity index (χ1) is 14.9. The van der Waals surface area contributed by atoms with Crippen LogP contribution in [0.15, 0.2) is 47.4 Å². The fraction of sp³-hybridized carbons (Fsp3) is 0.435. The van der Waals surface area contributed by atoms with Gasteiger partial charge in [0.15, 0.2) is 0 Å². The van der Waals surface area contributed by atoms with E-state index in [9.17, 15) is 17.6 Å². The summed E-state index contributed by atoms with van der Waals surface area (Å²) in [4.78, 5) is 15.3. The Morgan fingerprint density at radius 1 is 1.10 bits per heavy atom. The maximum atomic E-state index is 13.8. The molecule has 1 N–H and O–H groups in total. The van der Waals surface area contributed by atoms with E-state index in [4.69, 9.17) is 0 Å². The second-order valence-corrected chi connectivity index (χ2v) is 9.50. The number of halogens is 1. The molecule has 1 aliphatic rings. The lowest BCUT2D eigenvalue weighted by molar-refractivity contribution is 0.0954. The lowest BCUT2D eigenvalue weighted by Crippen LogP contribution is -2.32. The number of hydrogen-bond acceptors (Lipinski definition) is 4. The van der Waals surface area contributed by atoms with E-state index in [1.807, 2.05) is 0 Å².